The van der Waals surface area contributed by atoms with Crippen molar-refractivity contribution in [2.45, 2.75) is 19.4 Å². The molecule has 4 rings (SSSR count). The Bertz CT molecular complexity index is 1090. The molecule has 2 aromatic carbocycles. The third-order valence-corrected chi connectivity index (χ3v) is 5.52. The van der Waals surface area contributed by atoms with Crippen LogP contribution in [0.3, 0.4) is 0 Å². The number of rotatable bonds is 4. The highest BCUT2D eigenvalue weighted by atomic mass is 16.2. The second-order valence-corrected chi connectivity index (χ2v) is 7.65. The molecule has 160 valence electrons. The molecule has 0 bridgehead atoms. The normalized spacial score (nSPS) is 15.4. The highest BCUT2D eigenvalue weighted by Gasteiger charge is 2.27. The van der Waals surface area contributed by atoms with E-state index in [2.05, 4.69) is 15.5 Å². The summed E-state index contributed by atoms with van der Waals surface area (Å²) in [5.41, 5.74) is 1.68. The summed E-state index contributed by atoms with van der Waals surface area (Å²) < 4.78 is 0. The van der Waals surface area contributed by atoms with Crippen LogP contribution in [0.2, 0.25) is 0 Å². The van der Waals surface area contributed by atoms with Crippen LogP contribution in [0.4, 0.5) is 0 Å². The summed E-state index contributed by atoms with van der Waals surface area (Å²) in [6.45, 7) is 3.71. The van der Waals surface area contributed by atoms with E-state index < -0.39 is 11.9 Å². The summed E-state index contributed by atoms with van der Waals surface area (Å²) in [5, 5.41) is 10.4. The molecule has 31 heavy (non-hydrogen) atoms. The van der Waals surface area contributed by atoms with E-state index in [4.69, 9.17) is 0 Å². The molecule has 1 aliphatic rings. The van der Waals surface area contributed by atoms with Crippen molar-refractivity contribution in [2.24, 2.45) is 0 Å². The van der Waals surface area contributed by atoms with Crippen molar-refractivity contribution in [3.63, 3.8) is 0 Å². The molecule has 1 fully saturated rings. The molecule has 1 atom stereocenters. The Labute approximate surface area is 180 Å². The Balaban J connectivity index is 1.36. The largest absolute Gasteiger partial charge is 0.339 e. The molecule has 8 heteroatoms. The van der Waals surface area contributed by atoms with Gasteiger partial charge in [-0.05, 0) is 31.5 Å². The maximum atomic E-state index is 12.9. The predicted molar refractivity (Wildman–Crippen MR) is 117 cm³/mol. The van der Waals surface area contributed by atoms with Crippen molar-refractivity contribution in [1.82, 2.24) is 25.3 Å². The van der Waals surface area contributed by atoms with Crippen molar-refractivity contribution in [2.75, 3.05) is 26.2 Å². The highest BCUT2D eigenvalue weighted by molar-refractivity contribution is 6.05. The average Bonchev–Trinajstić information content (AvgIpc) is 3.08. The van der Waals surface area contributed by atoms with Crippen molar-refractivity contribution in [3.05, 3.63) is 65.9 Å². The summed E-state index contributed by atoms with van der Waals surface area (Å²) in [7, 11) is 0. The molecular weight excluding hydrogens is 394 g/mol. The maximum Gasteiger partial charge on any atom is 0.273 e. The number of nitrogens with zero attached hydrogens (tertiary/aromatic N) is 3. The zero-order valence-corrected chi connectivity index (χ0v) is 17.4. The van der Waals surface area contributed by atoms with Gasteiger partial charge in [0.2, 0.25) is 5.91 Å². The van der Waals surface area contributed by atoms with Crippen LogP contribution in [-0.2, 0) is 4.79 Å². The number of amides is 3. The third kappa shape index (κ3) is 4.42. The van der Waals surface area contributed by atoms with Crippen molar-refractivity contribution in [1.29, 1.82) is 0 Å². The summed E-state index contributed by atoms with van der Waals surface area (Å²) >= 11 is 0. The van der Waals surface area contributed by atoms with Gasteiger partial charge in [0.15, 0.2) is 5.69 Å². The number of H-pyrrole nitrogens is 1. The molecule has 2 N–H and O–H groups in total. The number of carbonyl (C=O) groups is 3. The van der Waals surface area contributed by atoms with E-state index in [1.807, 2.05) is 42.5 Å². The van der Waals surface area contributed by atoms with Gasteiger partial charge in [0.25, 0.3) is 11.8 Å². The highest BCUT2D eigenvalue weighted by Crippen LogP contribution is 2.15. The monoisotopic (exact) mass is 419 g/mol. The molecule has 0 saturated carbocycles. The van der Waals surface area contributed by atoms with E-state index in [0.717, 1.165) is 5.52 Å². The van der Waals surface area contributed by atoms with Gasteiger partial charge in [0.05, 0.1) is 5.52 Å². The molecule has 3 aromatic rings. The molecule has 0 aliphatic carbocycles. The summed E-state index contributed by atoms with van der Waals surface area (Å²) in [5.74, 6) is -0.585. The zero-order valence-electron chi connectivity index (χ0n) is 17.4. The lowest BCUT2D eigenvalue weighted by atomic mass is 10.2. The van der Waals surface area contributed by atoms with Gasteiger partial charge in [-0.25, -0.2) is 0 Å². The van der Waals surface area contributed by atoms with Crippen LogP contribution >= 0.6 is 0 Å². The fourth-order valence-electron chi connectivity index (χ4n) is 3.84. The van der Waals surface area contributed by atoms with Crippen molar-refractivity contribution >= 4 is 28.6 Å². The quantitative estimate of drug-likeness (QED) is 0.676. The first kappa shape index (κ1) is 20.6. The molecule has 2 heterocycles. The Morgan fingerprint density at radius 3 is 2.42 bits per heavy atom. The van der Waals surface area contributed by atoms with Crippen LogP contribution in [0.5, 0.6) is 0 Å². The van der Waals surface area contributed by atoms with Crippen LogP contribution in [0.25, 0.3) is 10.9 Å². The van der Waals surface area contributed by atoms with Crippen LogP contribution in [0.1, 0.15) is 34.2 Å². The third-order valence-electron chi connectivity index (χ3n) is 5.52. The van der Waals surface area contributed by atoms with Gasteiger partial charge in [-0.1, -0.05) is 36.4 Å². The molecule has 1 unspecified atom stereocenters. The van der Waals surface area contributed by atoms with Gasteiger partial charge >= 0.3 is 0 Å². The molecule has 1 aliphatic heterocycles. The van der Waals surface area contributed by atoms with Gasteiger partial charge in [0.1, 0.15) is 6.04 Å². The summed E-state index contributed by atoms with van der Waals surface area (Å²) in [6.07, 6.45) is 0.689. The minimum absolute atomic E-state index is 0.0262. The van der Waals surface area contributed by atoms with Crippen LogP contribution in [-0.4, -0.2) is 69.9 Å². The molecule has 8 nitrogen and oxygen atoms in total. The predicted octanol–water partition coefficient (Wildman–Crippen LogP) is 2.06. The first-order chi connectivity index (χ1) is 15.0. The number of aromatic nitrogens is 2. The first-order valence-corrected chi connectivity index (χ1v) is 10.4. The number of aromatic amines is 1. The minimum atomic E-state index is -0.695. The van der Waals surface area contributed by atoms with Gasteiger partial charge in [-0.15, -0.1) is 0 Å². The SMILES string of the molecule is CC(NC(=O)c1n[nH]c2ccccc12)C(=O)N1CCCN(C(=O)c2ccccc2)CC1. The summed E-state index contributed by atoms with van der Waals surface area (Å²) in [6, 6.07) is 15.8. The Hall–Kier alpha value is -3.68. The van der Waals surface area contributed by atoms with Crippen LogP contribution < -0.4 is 5.32 Å². The number of carbonyl (C=O) groups excluding carboxylic acids is 3. The second-order valence-electron chi connectivity index (χ2n) is 7.65. The standard InChI is InChI=1S/C23H25N5O3/c1-16(24-21(29)20-18-10-5-6-11-19(18)25-26-20)22(30)27-12-7-13-28(15-14-27)23(31)17-8-3-2-4-9-17/h2-6,8-11,16H,7,12-15H2,1H3,(H,24,29)(H,25,26). The van der Waals surface area contributed by atoms with E-state index in [0.29, 0.717) is 43.5 Å². The Kier molecular flexibility index (Phi) is 5.97. The van der Waals surface area contributed by atoms with E-state index >= 15 is 0 Å². The van der Waals surface area contributed by atoms with Gasteiger partial charge in [-0.2, -0.15) is 5.10 Å². The average molecular weight is 419 g/mol. The fourth-order valence-corrected chi connectivity index (χ4v) is 3.84. The van der Waals surface area contributed by atoms with Crippen LogP contribution in [0, 0.1) is 0 Å². The van der Waals surface area contributed by atoms with E-state index in [9.17, 15) is 14.4 Å². The van der Waals surface area contributed by atoms with Crippen molar-refractivity contribution in [3.8, 4) is 0 Å². The molecule has 3 amide bonds. The van der Waals surface area contributed by atoms with Crippen molar-refractivity contribution < 1.29 is 14.4 Å². The molecule has 0 spiro atoms. The smallest absolute Gasteiger partial charge is 0.273 e. The molecule has 1 aromatic heterocycles. The van der Waals surface area contributed by atoms with Gasteiger partial charge < -0.3 is 15.1 Å². The Morgan fingerprint density at radius 2 is 1.61 bits per heavy atom. The lowest BCUT2D eigenvalue weighted by Crippen LogP contribution is -2.48. The molecule has 0 radical (unpaired) electrons. The number of nitrogens with one attached hydrogen (secondary N) is 2. The van der Waals surface area contributed by atoms with E-state index in [1.54, 1.807) is 28.9 Å². The Morgan fingerprint density at radius 1 is 0.935 bits per heavy atom. The second kappa shape index (κ2) is 8.99. The topological polar surface area (TPSA) is 98.4 Å². The van der Waals surface area contributed by atoms with E-state index in [-0.39, 0.29) is 17.5 Å². The maximum absolute atomic E-state index is 12.9. The lowest BCUT2D eigenvalue weighted by Gasteiger charge is -2.25. The summed E-state index contributed by atoms with van der Waals surface area (Å²) in [4.78, 5) is 41.8. The fraction of sp³-hybridized carbons (Fsp3) is 0.304. The number of hydrogen-bond donors (Lipinski definition) is 2. The van der Waals surface area contributed by atoms with E-state index in [1.165, 1.54) is 0 Å². The minimum Gasteiger partial charge on any atom is -0.339 e. The first-order valence-electron chi connectivity index (χ1n) is 10.4. The molecule has 1 saturated heterocycles. The number of hydrogen-bond acceptors (Lipinski definition) is 4. The zero-order chi connectivity index (χ0) is 21.8. The number of benzene rings is 2. The van der Waals surface area contributed by atoms with Gasteiger partial charge in [0, 0.05) is 37.1 Å². The number of para-hydroxylation sites is 1. The van der Waals surface area contributed by atoms with Gasteiger partial charge in [-0.3, -0.25) is 19.5 Å². The molecular formula is C23H25N5O3. The van der Waals surface area contributed by atoms with Crippen LogP contribution in [0.15, 0.2) is 54.6 Å². The number of fused-ring (bicyclic) bond motifs is 1. The lowest BCUT2D eigenvalue weighted by molar-refractivity contribution is -0.132.